The number of aromatic nitrogens is 1. The molecule has 0 spiro atoms. The van der Waals surface area contributed by atoms with Crippen LogP contribution in [0.5, 0.6) is 0 Å². The largest absolute Gasteiger partial charge is 0.307 e. The topological polar surface area (TPSA) is 4.93 Å². The SMILES string of the molecule is CC(C)(C)Cc1ccc(-n2c3c(Br)c4c(cc3c3cc5c(c(Br)c32)C2c3ccccc3C5c3ccccc32)C2c3ccccc3C4c3ccccc32)cc1. The predicted molar refractivity (Wildman–Crippen MR) is 229 cm³/mol. The van der Waals surface area contributed by atoms with E-state index in [1.165, 1.54) is 109 Å². The van der Waals surface area contributed by atoms with Gasteiger partial charge >= 0.3 is 0 Å². The Balaban J connectivity index is 1.21. The van der Waals surface area contributed by atoms with Gasteiger partial charge in [-0.3, -0.25) is 0 Å². The van der Waals surface area contributed by atoms with Gasteiger partial charge in [0.05, 0.1) is 11.0 Å². The molecule has 1 nitrogen and oxygen atoms in total. The molecule has 54 heavy (non-hydrogen) atoms. The molecule has 0 unspecified atom stereocenters. The van der Waals surface area contributed by atoms with Crippen LogP contribution < -0.4 is 0 Å². The molecule has 7 aromatic carbocycles. The third-order valence-corrected chi connectivity index (χ3v) is 14.6. The smallest absolute Gasteiger partial charge is 0.0686 e. The van der Waals surface area contributed by atoms with Crippen LogP contribution in [0.4, 0.5) is 0 Å². The molecule has 1 aromatic heterocycles. The predicted octanol–water partition coefficient (Wildman–Crippen LogP) is 13.9. The van der Waals surface area contributed by atoms with E-state index < -0.39 is 0 Å². The first kappa shape index (κ1) is 31.6. The van der Waals surface area contributed by atoms with Crippen LogP contribution in [0.15, 0.2) is 142 Å². The van der Waals surface area contributed by atoms with Gasteiger partial charge in [-0.25, -0.2) is 0 Å². The Morgan fingerprint density at radius 3 is 1.11 bits per heavy atom. The van der Waals surface area contributed by atoms with Crippen molar-refractivity contribution in [2.24, 2.45) is 5.41 Å². The fourth-order valence-electron chi connectivity index (χ4n) is 11.1. The van der Waals surface area contributed by atoms with Crippen molar-refractivity contribution in [3.63, 3.8) is 0 Å². The Morgan fingerprint density at radius 1 is 0.444 bits per heavy atom. The highest BCUT2D eigenvalue weighted by atomic mass is 79.9. The minimum absolute atomic E-state index is 0.174. The van der Waals surface area contributed by atoms with Gasteiger partial charge in [-0.05, 0) is 140 Å². The van der Waals surface area contributed by atoms with E-state index in [0.717, 1.165) is 6.42 Å². The zero-order chi connectivity index (χ0) is 36.2. The number of nitrogens with zero attached hydrogens (tertiary/aromatic N) is 1. The van der Waals surface area contributed by atoms with Crippen molar-refractivity contribution >= 4 is 53.7 Å². The van der Waals surface area contributed by atoms with E-state index >= 15 is 0 Å². The lowest BCUT2D eigenvalue weighted by atomic mass is 9.60. The summed E-state index contributed by atoms with van der Waals surface area (Å²) in [6, 6.07) is 51.2. The standard InChI is InChI=1S/C51H37Br2N/c1-51(2,3)26-27-20-22-28(23-21-27)54-49-37(24-39-41-29-12-4-8-16-33(29)43(45(39)47(49)52)34-17-9-5-13-30(34)41)38-25-40-42-31-14-6-10-18-35(31)44(46(40)48(53)50(38)54)36-19-11-7-15-32(36)42/h4-25,41-44H,26H2,1-3H3. The van der Waals surface area contributed by atoms with Crippen molar-refractivity contribution in [3.05, 3.63) is 215 Å². The first-order chi connectivity index (χ1) is 26.3. The number of halogens is 2. The summed E-state index contributed by atoms with van der Waals surface area (Å²) in [5.74, 6) is 0.745. The molecule has 0 radical (unpaired) electrons. The lowest BCUT2D eigenvalue weighted by Gasteiger charge is -2.43. The number of rotatable bonds is 2. The molecule has 0 N–H and O–H groups in total. The first-order valence-electron chi connectivity index (χ1n) is 19.3. The zero-order valence-electron chi connectivity index (χ0n) is 30.4. The molecule has 6 aliphatic carbocycles. The number of hydrogen-bond donors (Lipinski definition) is 0. The van der Waals surface area contributed by atoms with Gasteiger partial charge in [0.1, 0.15) is 0 Å². The molecule has 0 saturated heterocycles. The fraction of sp³-hybridized carbons (Fsp3) is 0.176. The van der Waals surface area contributed by atoms with Crippen LogP contribution in [0.25, 0.3) is 27.5 Å². The molecular weight excluding hydrogens is 786 g/mol. The molecule has 14 rings (SSSR count). The average Bonchev–Trinajstić information content (AvgIpc) is 3.52. The van der Waals surface area contributed by atoms with Crippen LogP contribution in [0.2, 0.25) is 0 Å². The van der Waals surface area contributed by atoms with Gasteiger partial charge < -0.3 is 4.57 Å². The molecule has 260 valence electrons. The Morgan fingerprint density at radius 2 is 0.778 bits per heavy atom. The van der Waals surface area contributed by atoms with Crippen molar-refractivity contribution in [2.45, 2.75) is 50.9 Å². The molecule has 3 heteroatoms. The second-order valence-electron chi connectivity index (χ2n) is 17.2. The van der Waals surface area contributed by atoms with Crippen molar-refractivity contribution in [1.29, 1.82) is 0 Å². The van der Waals surface area contributed by atoms with E-state index in [0.29, 0.717) is 0 Å². The zero-order valence-corrected chi connectivity index (χ0v) is 33.6. The minimum Gasteiger partial charge on any atom is -0.307 e. The maximum atomic E-state index is 4.41. The second kappa shape index (κ2) is 11.0. The number of benzene rings is 7. The quantitative estimate of drug-likeness (QED) is 0.164. The summed E-state index contributed by atoms with van der Waals surface area (Å²) in [6.07, 6.45) is 1.04. The normalized spacial score (nSPS) is 19.6. The summed E-state index contributed by atoms with van der Waals surface area (Å²) in [4.78, 5) is 0. The van der Waals surface area contributed by atoms with Crippen LogP contribution in [0.1, 0.15) is 117 Å². The molecule has 0 fully saturated rings. The maximum Gasteiger partial charge on any atom is 0.0686 e. The summed E-state index contributed by atoms with van der Waals surface area (Å²) in [7, 11) is 0. The van der Waals surface area contributed by atoms with Gasteiger partial charge in [0.25, 0.3) is 0 Å². The number of fused-ring (bicyclic) bond motifs is 3. The highest BCUT2D eigenvalue weighted by Gasteiger charge is 2.45. The van der Waals surface area contributed by atoms with E-state index in [1.807, 2.05) is 0 Å². The van der Waals surface area contributed by atoms with E-state index in [1.54, 1.807) is 0 Å². The molecule has 0 saturated carbocycles. The molecule has 4 bridgehead atoms. The van der Waals surface area contributed by atoms with Gasteiger partial charge in [0.15, 0.2) is 0 Å². The van der Waals surface area contributed by atoms with E-state index in [9.17, 15) is 0 Å². The van der Waals surface area contributed by atoms with Crippen LogP contribution in [0.3, 0.4) is 0 Å². The van der Waals surface area contributed by atoms with E-state index in [-0.39, 0.29) is 29.1 Å². The van der Waals surface area contributed by atoms with Gasteiger partial charge in [0.2, 0.25) is 0 Å². The van der Waals surface area contributed by atoms with Gasteiger partial charge in [-0.1, -0.05) is 130 Å². The summed E-state index contributed by atoms with van der Waals surface area (Å²) in [5.41, 5.74) is 22.5. The highest BCUT2D eigenvalue weighted by molar-refractivity contribution is 9.11. The van der Waals surface area contributed by atoms with Crippen LogP contribution in [-0.2, 0) is 6.42 Å². The fourth-order valence-corrected chi connectivity index (χ4v) is 12.8. The molecule has 0 atom stereocenters. The molecule has 8 aromatic rings. The number of hydrogen-bond acceptors (Lipinski definition) is 0. The van der Waals surface area contributed by atoms with Gasteiger partial charge in [0, 0.05) is 49.1 Å². The Kier molecular flexibility index (Phi) is 6.42. The molecule has 0 amide bonds. The molecular formula is C51H37Br2N. The Hall–Kier alpha value is -4.70. The monoisotopic (exact) mass is 821 g/mol. The van der Waals surface area contributed by atoms with Crippen molar-refractivity contribution < 1.29 is 0 Å². The average molecular weight is 824 g/mol. The Bertz CT molecular complexity index is 2670. The van der Waals surface area contributed by atoms with E-state index in [2.05, 4.69) is 191 Å². The summed E-state index contributed by atoms with van der Waals surface area (Å²) in [5, 5.41) is 2.62. The van der Waals surface area contributed by atoms with Gasteiger partial charge in [-0.15, -0.1) is 0 Å². The summed E-state index contributed by atoms with van der Waals surface area (Å²) >= 11 is 8.82. The third kappa shape index (κ3) is 4.05. The lowest BCUT2D eigenvalue weighted by Crippen LogP contribution is -2.28. The highest BCUT2D eigenvalue weighted by Crippen LogP contribution is 2.62. The second-order valence-corrected chi connectivity index (χ2v) is 18.8. The lowest BCUT2D eigenvalue weighted by molar-refractivity contribution is 0.411. The summed E-state index contributed by atoms with van der Waals surface area (Å²) < 4.78 is 4.99. The van der Waals surface area contributed by atoms with Crippen molar-refractivity contribution in [3.8, 4) is 5.69 Å². The third-order valence-electron chi connectivity index (χ3n) is 13.0. The van der Waals surface area contributed by atoms with Crippen LogP contribution in [-0.4, -0.2) is 4.57 Å². The van der Waals surface area contributed by atoms with Crippen LogP contribution in [0, 0.1) is 5.41 Å². The molecule has 0 aliphatic heterocycles. The van der Waals surface area contributed by atoms with E-state index in [4.69, 9.17) is 0 Å². The summed E-state index contributed by atoms with van der Waals surface area (Å²) in [6.45, 7) is 6.97. The molecule has 6 aliphatic rings. The minimum atomic E-state index is 0.174. The van der Waals surface area contributed by atoms with Crippen molar-refractivity contribution in [2.75, 3.05) is 0 Å². The first-order valence-corrected chi connectivity index (χ1v) is 20.8. The van der Waals surface area contributed by atoms with Crippen molar-refractivity contribution in [1.82, 2.24) is 4.57 Å². The van der Waals surface area contributed by atoms with Gasteiger partial charge in [-0.2, -0.15) is 0 Å². The van der Waals surface area contributed by atoms with Crippen LogP contribution >= 0.6 is 31.9 Å². The Labute approximate surface area is 332 Å². The molecule has 1 heterocycles. The maximum absolute atomic E-state index is 4.41.